The summed E-state index contributed by atoms with van der Waals surface area (Å²) in [6.07, 6.45) is 5.84. The van der Waals surface area contributed by atoms with Crippen molar-refractivity contribution in [3.63, 3.8) is 0 Å². The van der Waals surface area contributed by atoms with Gasteiger partial charge in [0.05, 0.1) is 16.8 Å². The van der Waals surface area contributed by atoms with E-state index in [2.05, 4.69) is 9.88 Å². The number of phenolic OH excluding ortho intramolecular Hbond substituents is 1. The van der Waals surface area contributed by atoms with E-state index in [1.165, 1.54) is 12.1 Å². The van der Waals surface area contributed by atoms with E-state index in [4.69, 9.17) is 10.7 Å². The molecule has 176 valence electrons. The molecule has 2 unspecified atom stereocenters. The van der Waals surface area contributed by atoms with Crippen LogP contribution in [0.5, 0.6) is 5.75 Å². The first-order valence-corrected chi connectivity index (χ1v) is 11.8. The zero-order chi connectivity index (χ0) is 24.3. The van der Waals surface area contributed by atoms with Gasteiger partial charge in [-0.3, -0.25) is 4.40 Å². The molecule has 2 aromatic heterocycles. The van der Waals surface area contributed by atoms with Crippen molar-refractivity contribution in [2.45, 2.75) is 25.8 Å². The zero-order valence-electron chi connectivity index (χ0n) is 19.3. The fraction of sp³-hybridized carbons (Fsp3) is 0.296. The van der Waals surface area contributed by atoms with Crippen molar-refractivity contribution < 1.29 is 9.50 Å². The number of phenols is 1. The summed E-state index contributed by atoms with van der Waals surface area (Å²) in [6, 6.07) is 12.0. The Morgan fingerprint density at radius 3 is 2.54 bits per heavy atom. The lowest BCUT2D eigenvalue weighted by atomic mass is 9.93. The van der Waals surface area contributed by atoms with Crippen molar-refractivity contribution >= 4 is 11.6 Å². The summed E-state index contributed by atoms with van der Waals surface area (Å²) in [5, 5.41) is 19.7. The van der Waals surface area contributed by atoms with Crippen LogP contribution in [0.4, 0.5) is 10.3 Å². The number of aromatic nitrogens is 3. The molecule has 0 amide bonds. The lowest BCUT2D eigenvalue weighted by Gasteiger charge is -2.37. The molecule has 1 saturated carbocycles. The van der Waals surface area contributed by atoms with Crippen LogP contribution in [0.2, 0.25) is 0 Å². The minimum absolute atomic E-state index is 0.0213. The zero-order valence-corrected chi connectivity index (χ0v) is 19.3. The quantitative estimate of drug-likeness (QED) is 0.466. The summed E-state index contributed by atoms with van der Waals surface area (Å²) in [4.78, 5) is 12.0. The summed E-state index contributed by atoms with van der Waals surface area (Å²) in [7, 11) is 0. The number of rotatable bonds is 3. The molecule has 1 saturated heterocycles. The van der Waals surface area contributed by atoms with Crippen LogP contribution in [-0.4, -0.2) is 38.6 Å². The summed E-state index contributed by atoms with van der Waals surface area (Å²) < 4.78 is 16.7. The number of halogens is 1. The number of hydrogen-bond acceptors (Lipinski definition) is 6. The van der Waals surface area contributed by atoms with Gasteiger partial charge in [-0.1, -0.05) is 18.2 Å². The highest BCUT2D eigenvalue weighted by Gasteiger charge is 2.41. The lowest BCUT2D eigenvalue weighted by molar-refractivity contribution is 0.353. The number of hydrogen-bond donors (Lipinski definition) is 2. The van der Waals surface area contributed by atoms with Gasteiger partial charge < -0.3 is 15.7 Å². The van der Waals surface area contributed by atoms with E-state index in [1.54, 1.807) is 18.3 Å². The van der Waals surface area contributed by atoms with Crippen molar-refractivity contribution in [3.05, 3.63) is 65.7 Å². The number of piperidine rings is 1. The van der Waals surface area contributed by atoms with Crippen LogP contribution in [0, 0.1) is 35.9 Å². The summed E-state index contributed by atoms with van der Waals surface area (Å²) in [5.74, 6) is 1.13. The maximum absolute atomic E-state index is 14.7. The second-order valence-electron chi connectivity index (χ2n) is 9.64. The molecule has 0 radical (unpaired) electrons. The van der Waals surface area contributed by atoms with Gasteiger partial charge in [-0.2, -0.15) is 5.26 Å². The Labute approximate surface area is 202 Å². The monoisotopic (exact) mass is 468 g/mol. The van der Waals surface area contributed by atoms with Gasteiger partial charge in [0, 0.05) is 37.1 Å². The first-order chi connectivity index (χ1) is 16.9. The number of imidazole rings is 1. The molecule has 3 N–H and O–H groups in total. The molecule has 0 spiro atoms. The lowest BCUT2D eigenvalue weighted by Crippen LogP contribution is -2.49. The largest absolute Gasteiger partial charge is 0.508 e. The number of aryl methyl sites for hydroxylation is 1. The predicted molar refractivity (Wildman–Crippen MR) is 131 cm³/mol. The first-order valence-electron chi connectivity index (χ1n) is 11.8. The Balaban J connectivity index is 1.60. The van der Waals surface area contributed by atoms with Crippen LogP contribution in [0.25, 0.3) is 28.0 Å². The van der Waals surface area contributed by atoms with Crippen molar-refractivity contribution in [2.24, 2.45) is 17.6 Å². The molecule has 1 aliphatic heterocycles. The van der Waals surface area contributed by atoms with Gasteiger partial charge in [0.25, 0.3) is 0 Å². The SMILES string of the molecule is Cc1ccc(-c2c(-c3ccc(C#N)c(F)c3)nc(N3CC4CCC(C3)C4N)n3ccnc23)cc1O. The van der Waals surface area contributed by atoms with E-state index >= 15 is 0 Å². The van der Waals surface area contributed by atoms with Crippen molar-refractivity contribution in [2.75, 3.05) is 18.0 Å². The minimum atomic E-state index is -0.601. The summed E-state index contributed by atoms with van der Waals surface area (Å²) >= 11 is 0. The molecule has 2 fully saturated rings. The van der Waals surface area contributed by atoms with Crippen LogP contribution in [0.3, 0.4) is 0 Å². The second kappa shape index (κ2) is 8.07. The fourth-order valence-electron chi connectivity index (χ4n) is 5.61. The van der Waals surface area contributed by atoms with E-state index < -0.39 is 5.82 Å². The molecule has 2 atom stereocenters. The van der Waals surface area contributed by atoms with Crippen molar-refractivity contribution in [1.29, 1.82) is 5.26 Å². The fourth-order valence-corrected chi connectivity index (χ4v) is 5.61. The summed E-state index contributed by atoms with van der Waals surface area (Å²) in [6.45, 7) is 3.45. The number of nitrogens with zero attached hydrogens (tertiary/aromatic N) is 5. The number of aromatic hydroxyl groups is 1. The number of nitriles is 1. The maximum Gasteiger partial charge on any atom is 0.211 e. The molecular formula is C27H25FN6O. The number of anilines is 1. The molecule has 1 aliphatic carbocycles. The predicted octanol–water partition coefficient (Wildman–Crippen LogP) is 4.26. The molecule has 35 heavy (non-hydrogen) atoms. The molecule has 3 heterocycles. The van der Waals surface area contributed by atoms with Crippen LogP contribution >= 0.6 is 0 Å². The smallest absolute Gasteiger partial charge is 0.211 e. The number of benzene rings is 2. The van der Waals surface area contributed by atoms with Crippen LogP contribution in [0.1, 0.15) is 24.0 Å². The summed E-state index contributed by atoms with van der Waals surface area (Å²) in [5.41, 5.74) is 10.4. The second-order valence-corrected chi connectivity index (χ2v) is 9.64. The third-order valence-corrected chi connectivity index (χ3v) is 7.58. The van der Waals surface area contributed by atoms with E-state index in [0.717, 1.165) is 43.0 Å². The minimum Gasteiger partial charge on any atom is -0.508 e. The van der Waals surface area contributed by atoms with Crippen molar-refractivity contribution in [3.8, 4) is 34.2 Å². The molecule has 2 bridgehead atoms. The molecule has 4 aromatic rings. The van der Waals surface area contributed by atoms with Crippen LogP contribution in [0.15, 0.2) is 48.8 Å². The van der Waals surface area contributed by atoms with E-state index in [0.29, 0.717) is 34.3 Å². The normalized spacial score (nSPS) is 21.4. The van der Waals surface area contributed by atoms with Gasteiger partial charge in [0.1, 0.15) is 23.3 Å². The Hall–Kier alpha value is -3.96. The Morgan fingerprint density at radius 1 is 1.11 bits per heavy atom. The highest BCUT2D eigenvalue weighted by atomic mass is 19.1. The standard InChI is InChI=1S/C27H25FN6O/c1-15-2-3-16(11-22(15)35)23-25(17-4-5-18(12-29)21(28)10-17)32-27(34-9-8-31-26(23)34)33-13-19-6-7-20(14-33)24(19)30/h2-5,8-11,19-20,24,35H,6-7,13-14,30H2,1H3. The number of nitrogens with two attached hydrogens (primary N) is 1. The van der Waals surface area contributed by atoms with E-state index in [9.17, 15) is 14.8 Å². The van der Waals surface area contributed by atoms with Crippen LogP contribution < -0.4 is 10.6 Å². The van der Waals surface area contributed by atoms with Gasteiger partial charge in [-0.15, -0.1) is 0 Å². The Bertz CT molecular complexity index is 1490. The molecule has 6 rings (SSSR count). The van der Waals surface area contributed by atoms with E-state index in [-0.39, 0.29) is 17.4 Å². The van der Waals surface area contributed by atoms with E-state index in [1.807, 2.05) is 35.7 Å². The van der Waals surface area contributed by atoms with Gasteiger partial charge in [-0.25, -0.2) is 14.4 Å². The molecular weight excluding hydrogens is 443 g/mol. The Kier molecular flexibility index (Phi) is 4.97. The van der Waals surface area contributed by atoms with Crippen LogP contribution in [-0.2, 0) is 0 Å². The highest BCUT2D eigenvalue weighted by Crippen LogP contribution is 2.41. The topological polar surface area (TPSA) is 103 Å². The molecule has 2 aromatic carbocycles. The molecule has 2 aliphatic rings. The molecule has 7 nitrogen and oxygen atoms in total. The van der Waals surface area contributed by atoms with Gasteiger partial charge in [0.15, 0.2) is 0 Å². The third-order valence-electron chi connectivity index (χ3n) is 7.58. The average molecular weight is 469 g/mol. The Morgan fingerprint density at radius 2 is 1.86 bits per heavy atom. The third kappa shape index (κ3) is 3.43. The first kappa shape index (κ1) is 21.6. The number of fused-ring (bicyclic) bond motifs is 3. The van der Waals surface area contributed by atoms with Gasteiger partial charge in [0.2, 0.25) is 5.95 Å². The van der Waals surface area contributed by atoms with Gasteiger partial charge >= 0.3 is 0 Å². The highest BCUT2D eigenvalue weighted by molar-refractivity contribution is 5.91. The average Bonchev–Trinajstić information content (AvgIpc) is 3.40. The molecule has 8 heteroatoms. The van der Waals surface area contributed by atoms with Crippen molar-refractivity contribution in [1.82, 2.24) is 14.4 Å². The van der Waals surface area contributed by atoms with Gasteiger partial charge in [-0.05, 0) is 60.9 Å². The maximum atomic E-state index is 14.7.